The largest absolute Gasteiger partial charge is 0.497 e. The smallest absolute Gasteiger partial charge is 0.324 e. The maximum absolute atomic E-state index is 13.6. The van der Waals surface area contributed by atoms with Gasteiger partial charge in [-0.3, -0.25) is 10.1 Å². The molecule has 49 heavy (non-hydrogen) atoms. The minimum atomic E-state index is -0.319. The lowest BCUT2D eigenvalue weighted by Gasteiger charge is -2.39. The van der Waals surface area contributed by atoms with E-state index in [1.165, 1.54) is 5.56 Å². The predicted octanol–water partition coefficient (Wildman–Crippen LogP) is 8.43. The number of carbonyl (C=O) groups is 2. The van der Waals surface area contributed by atoms with E-state index < -0.39 is 0 Å². The molecule has 2 atom stereocenters. The van der Waals surface area contributed by atoms with Crippen LogP contribution in [0.5, 0.6) is 5.75 Å². The molecular formula is C40H45N5O4. The van der Waals surface area contributed by atoms with Crippen molar-refractivity contribution in [2.75, 3.05) is 17.7 Å². The Bertz CT molecular complexity index is 1970. The number of benzene rings is 3. The average Bonchev–Trinajstić information content (AvgIpc) is 3.75. The van der Waals surface area contributed by atoms with Crippen LogP contribution >= 0.6 is 0 Å². The fourth-order valence-electron chi connectivity index (χ4n) is 7.55. The Kier molecular flexibility index (Phi) is 8.69. The second-order valence-electron chi connectivity index (χ2n) is 14.7. The number of rotatable bonds is 8. The second-order valence-corrected chi connectivity index (χ2v) is 14.7. The van der Waals surface area contributed by atoms with Crippen LogP contribution in [0, 0.1) is 12.8 Å². The molecule has 2 saturated heterocycles. The number of ether oxygens (including phenoxy) is 1. The Morgan fingerprint density at radius 3 is 2.43 bits per heavy atom. The van der Waals surface area contributed by atoms with Crippen LogP contribution < -0.4 is 15.4 Å². The van der Waals surface area contributed by atoms with Gasteiger partial charge >= 0.3 is 6.03 Å². The van der Waals surface area contributed by atoms with E-state index in [9.17, 15) is 9.59 Å². The first kappa shape index (κ1) is 32.5. The molecule has 0 radical (unpaired) electrons. The van der Waals surface area contributed by atoms with Crippen LogP contribution in [-0.2, 0) is 23.1 Å². The summed E-state index contributed by atoms with van der Waals surface area (Å²) in [4.78, 5) is 29.0. The van der Waals surface area contributed by atoms with E-state index >= 15 is 0 Å². The van der Waals surface area contributed by atoms with E-state index in [0.717, 1.165) is 77.0 Å². The van der Waals surface area contributed by atoms with Crippen molar-refractivity contribution in [1.29, 1.82) is 0 Å². The lowest BCUT2D eigenvalue weighted by Crippen LogP contribution is -2.47. The van der Waals surface area contributed by atoms with Gasteiger partial charge in [0, 0.05) is 46.3 Å². The highest BCUT2D eigenvalue weighted by Crippen LogP contribution is 2.41. The highest BCUT2D eigenvalue weighted by molar-refractivity contribution is 5.99. The number of hydrogen-bond acceptors (Lipinski definition) is 5. The third-order valence-electron chi connectivity index (χ3n) is 10.0. The number of aryl methyl sites for hydroxylation is 1. The first-order chi connectivity index (χ1) is 23.5. The van der Waals surface area contributed by atoms with Crippen LogP contribution in [0.1, 0.15) is 68.8 Å². The number of hydrogen-bond donors (Lipinski definition) is 2. The Balaban J connectivity index is 0.980. The summed E-state index contributed by atoms with van der Waals surface area (Å²) in [5, 5.41) is 11.9. The zero-order valence-electron chi connectivity index (χ0n) is 29.0. The quantitative estimate of drug-likeness (QED) is 0.174. The zero-order valence-corrected chi connectivity index (χ0v) is 29.0. The van der Waals surface area contributed by atoms with Gasteiger partial charge in [0.05, 0.1) is 31.2 Å². The van der Waals surface area contributed by atoms with Crippen molar-refractivity contribution in [3.63, 3.8) is 0 Å². The molecule has 4 heterocycles. The number of piperidine rings is 1. The number of fused-ring (bicyclic) bond motifs is 3. The van der Waals surface area contributed by atoms with E-state index in [-0.39, 0.29) is 29.4 Å². The summed E-state index contributed by atoms with van der Waals surface area (Å²) in [5.41, 5.74) is 6.35. The molecule has 5 aromatic rings. The normalized spacial score (nSPS) is 18.9. The summed E-state index contributed by atoms with van der Waals surface area (Å²) >= 11 is 0. The van der Waals surface area contributed by atoms with Gasteiger partial charge in [0.1, 0.15) is 17.2 Å². The monoisotopic (exact) mass is 659 g/mol. The topological polar surface area (TPSA) is 102 Å². The molecule has 9 nitrogen and oxygen atoms in total. The summed E-state index contributed by atoms with van der Waals surface area (Å²) in [6, 6.07) is 24.1. The van der Waals surface area contributed by atoms with Crippen LogP contribution in [0.25, 0.3) is 16.7 Å². The Hall–Kier alpha value is -5.05. The first-order valence-electron chi connectivity index (χ1n) is 17.2. The number of carbonyl (C=O) groups excluding carboxylic acids is 2. The molecule has 254 valence electrons. The van der Waals surface area contributed by atoms with Crippen LogP contribution in [0.15, 0.2) is 83.5 Å². The summed E-state index contributed by atoms with van der Waals surface area (Å²) in [6.45, 7) is 8.38. The van der Waals surface area contributed by atoms with Crippen molar-refractivity contribution in [3.8, 4) is 11.4 Å². The number of anilines is 2. The molecular weight excluding hydrogens is 614 g/mol. The van der Waals surface area contributed by atoms with Crippen LogP contribution in [0.3, 0.4) is 0 Å². The van der Waals surface area contributed by atoms with Gasteiger partial charge in [-0.2, -0.15) is 5.10 Å². The lowest BCUT2D eigenvalue weighted by molar-refractivity contribution is -0.135. The predicted molar refractivity (Wildman–Crippen MR) is 193 cm³/mol. The van der Waals surface area contributed by atoms with Crippen molar-refractivity contribution in [3.05, 3.63) is 101 Å². The molecule has 2 aromatic heterocycles. The number of amides is 3. The number of aromatic nitrogens is 2. The fraction of sp³-hybridized carbons (Fsp3) is 0.375. The minimum absolute atomic E-state index is 0.177. The summed E-state index contributed by atoms with van der Waals surface area (Å²) in [6.07, 6.45) is 7.04. The van der Waals surface area contributed by atoms with Crippen LogP contribution in [-0.4, -0.2) is 45.8 Å². The van der Waals surface area contributed by atoms with E-state index in [4.69, 9.17) is 14.3 Å². The van der Waals surface area contributed by atoms with Gasteiger partial charge in [0.2, 0.25) is 5.91 Å². The van der Waals surface area contributed by atoms with Gasteiger partial charge in [0.25, 0.3) is 0 Å². The van der Waals surface area contributed by atoms with Crippen molar-refractivity contribution >= 4 is 34.4 Å². The molecule has 7 rings (SSSR count). The maximum Gasteiger partial charge on any atom is 0.324 e. The van der Waals surface area contributed by atoms with Gasteiger partial charge in [-0.15, -0.1) is 0 Å². The minimum Gasteiger partial charge on any atom is -0.497 e. The van der Waals surface area contributed by atoms with E-state index in [0.29, 0.717) is 18.2 Å². The first-order valence-corrected chi connectivity index (χ1v) is 17.2. The summed E-state index contributed by atoms with van der Waals surface area (Å²) in [7, 11) is 1.63. The van der Waals surface area contributed by atoms with E-state index in [1.807, 2.05) is 67.6 Å². The summed E-state index contributed by atoms with van der Waals surface area (Å²) < 4.78 is 12.9. The molecule has 0 saturated carbocycles. The number of nitrogens with zero attached hydrogens (tertiary/aromatic N) is 3. The highest BCUT2D eigenvalue weighted by atomic mass is 16.5. The molecule has 2 bridgehead atoms. The number of urea groups is 1. The van der Waals surface area contributed by atoms with Gasteiger partial charge in [0.15, 0.2) is 0 Å². The van der Waals surface area contributed by atoms with Gasteiger partial charge in [-0.05, 0) is 86.9 Å². The Labute approximate surface area is 287 Å². The van der Waals surface area contributed by atoms with E-state index in [2.05, 4.69) is 48.4 Å². The molecule has 9 heteroatoms. The Morgan fingerprint density at radius 2 is 1.71 bits per heavy atom. The molecule has 2 unspecified atom stereocenters. The van der Waals surface area contributed by atoms with Gasteiger partial charge < -0.3 is 19.4 Å². The third kappa shape index (κ3) is 6.93. The van der Waals surface area contributed by atoms with Gasteiger partial charge in [-0.1, -0.05) is 50.6 Å². The fourth-order valence-corrected chi connectivity index (χ4v) is 7.55. The molecule has 2 N–H and O–H groups in total. The Morgan fingerprint density at radius 1 is 0.959 bits per heavy atom. The third-order valence-corrected chi connectivity index (χ3v) is 10.0. The maximum atomic E-state index is 13.6. The van der Waals surface area contributed by atoms with Crippen molar-refractivity contribution in [2.45, 2.75) is 83.7 Å². The standard InChI is InChI=1S/C40H45N5O4/c1-25-9-11-30(12-10-25)45-37(23-36(43-45)40(2,3)4)42-39(47)41-29-8-6-7-26(18-29)17-27-19-31-13-14-32(20-27)44(31)38(46)21-28-24-49-35-22-33(48-5)15-16-34(28)35/h6-12,15-16,18,22-24,27,31-32H,13-14,17,19-21H2,1-5H3,(H2,41,42,47). The van der Waals surface area contributed by atoms with Crippen molar-refractivity contribution in [1.82, 2.24) is 14.7 Å². The van der Waals surface area contributed by atoms with Crippen molar-refractivity contribution in [2.24, 2.45) is 5.92 Å². The molecule has 2 aliphatic rings. The average molecular weight is 660 g/mol. The van der Waals surface area contributed by atoms with Crippen LogP contribution in [0.2, 0.25) is 0 Å². The molecule has 2 aliphatic heterocycles. The summed E-state index contributed by atoms with van der Waals surface area (Å²) in [5.74, 6) is 2.01. The number of methoxy groups -OCH3 is 1. The molecule has 0 aliphatic carbocycles. The zero-order chi connectivity index (χ0) is 34.3. The van der Waals surface area contributed by atoms with Crippen molar-refractivity contribution < 1.29 is 18.7 Å². The molecule has 3 aromatic carbocycles. The second kappa shape index (κ2) is 13.1. The molecule has 2 fully saturated rings. The molecule has 3 amide bonds. The van der Waals surface area contributed by atoms with E-state index in [1.54, 1.807) is 18.1 Å². The highest BCUT2D eigenvalue weighted by Gasteiger charge is 2.43. The lowest BCUT2D eigenvalue weighted by atomic mass is 9.85. The number of nitrogens with one attached hydrogen (secondary N) is 2. The van der Waals surface area contributed by atoms with Gasteiger partial charge in [-0.25, -0.2) is 9.48 Å². The van der Waals surface area contributed by atoms with Crippen LogP contribution in [0.4, 0.5) is 16.3 Å². The number of furan rings is 1. The SMILES string of the molecule is COc1ccc2c(CC(=O)N3C4CCC3CC(Cc3cccc(NC(=O)Nc5cc(C(C)(C)C)nn5-c5ccc(C)cc5)c3)C4)coc2c1. The molecule has 0 spiro atoms.